The molecule has 0 saturated heterocycles. The molecule has 0 amide bonds. The van der Waals surface area contributed by atoms with Crippen LogP contribution >= 0.6 is 15.6 Å². The molecule has 0 radical (unpaired) electrons. The highest BCUT2D eigenvalue weighted by atomic mass is 31.2. The van der Waals surface area contributed by atoms with Gasteiger partial charge in [0.25, 0.3) is 0 Å². The van der Waals surface area contributed by atoms with Crippen molar-refractivity contribution in [1.29, 1.82) is 0 Å². The normalized spacial score (nSPS) is 13.8. The van der Waals surface area contributed by atoms with E-state index >= 15 is 0 Å². The van der Waals surface area contributed by atoms with Gasteiger partial charge in [0.05, 0.1) is 26.4 Å². The summed E-state index contributed by atoms with van der Waals surface area (Å²) in [6, 6.07) is 0. The first-order valence-electron chi connectivity index (χ1n) is 44.5. The molecular weight excluding hydrogens is 1370 g/mol. The van der Waals surface area contributed by atoms with Gasteiger partial charge >= 0.3 is 39.5 Å². The largest absolute Gasteiger partial charge is 0.472 e. The number of aliphatic hydroxyl groups excluding tert-OH is 1. The van der Waals surface area contributed by atoms with Crippen LogP contribution < -0.4 is 0 Å². The fourth-order valence-electron chi connectivity index (χ4n) is 13.4. The Labute approximate surface area is 645 Å². The Hall–Kier alpha value is -1.94. The van der Waals surface area contributed by atoms with Gasteiger partial charge in [0, 0.05) is 25.7 Å². The lowest BCUT2D eigenvalue weighted by molar-refractivity contribution is -0.161. The van der Waals surface area contributed by atoms with Gasteiger partial charge in [-0.1, -0.05) is 408 Å². The lowest BCUT2D eigenvalue weighted by atomic mass is 10.0. The van der Waals surface area contributed by atoms with Gasteiger partial charge in [-0.25, -0.2) is 9.13 Å². The van der Waals surface area contributed by atoms with Crippen LogP contribution in [-0.4, -0.2) is 96.7 Å². The Kier molecular flexibility index (Phi) is 76.0. The third kappa shape index (κ3) is 79.9. The van der Waals surface area contributed by atoms with Crippen LogP contribution in [0.1, 0.15) is 459 Å². The molecule has 0 rings (SSSR count). The molecule has 0 bridgehead atoms. The molecular formula is C86H168O17P2. The van der Waals surface area contributed by atoms with Crippen LogP contribution in [-0.2, 0) is 65.4 Å². The van der Waals surface area contributed by atoms with E-state index in [1.807, 2.05) is 0 Å². The van der Waals surface area contributed by atoms with Crippen molar-refractivity contribution in [2.45, 2.75) is 477 Å². The van der Waals surface area contributed by atoms with E-state index in [0.717, 1.165) is 102 Å². The van der Waals surface area contributed by atoms with E-state index in [9.17, 15) is 43.2 Å². The molecule has 0 aromatic heterocycles. The van der Waals surface area contributed by atoms with Crippen molar-refractivity contribution in [2.24, 2.45) is 11.8 Å². The van der Waals surface area contributed by atoms with E-state index in [1.165, 1.54) is 270 Å². The van der Waals surface area contributed by atoms with Crippen molar-refractivity contribution < 1.29 is 80.2 Å². The quantitative estimate of drug-likeness (QED) is 0.0222. The summed E-state index contributed by atoms with van der Waals surface area (Å²) in [7, 11) is -9.93. The Bertz CT molecular complexity index is 2010. The first kappa shape index (κ1) is 103. The summed E-state index contributed by atoms with van der Waals surface area (Å²) in [4.78, 5) is 73.2. The zero-order valence-corrected chi connectivity index (χ0v) is 70.8. The molecule has 0 aliphatic carbocycles. The van der Waals surface area contributed by atoms with E-state index in [2.05, 4.69) is 41.5 Å². The number of phosphoric ester groups is 2. The van der Waals surface area contributed by atoms with Crippen molar-refractivity contribution in [2.75, 3.05) is 39.6 Å². The monoisotopic (exact) mass is 1540 g/mol. The summed E-state index contributed by atoms with van der Waals surface area (Å²) >= 11 is 0. The maximum absolute atomic E-state index is 13.1. The molecule has 0 spiro atoms. The number of hydrogen-bond donors (Lipinski definition) is 3. The summed E-state index contributed by atoms with van der Waals surface area (Å²) < 4.78 is 68.8. The molecule has 17 nitrogen and oxygen atoms in total. The van der Waals surface area contributed by atoms with Crippen molar-refractivity contribution in [3.05, 3.63) is 0 Å². The highest BCUT2D eigenvalue weighted by Crippen LogP contribution is 2.45. The van der Waals surface area contributed by atoms with Crippen LogP contribution in [0.5, 0.6) is 0 Å². The molecule has 2 unspecified atom stereocenters. The van der Waals surface area contributed by atoms with E-state index in [0.29, 0.717) is 31.6 Å². The van der Waals surface area contributed by atoms with E-state index in [-0.39, 0.29) is 25.7 Å². The lowest BCUT2D eigenvalue weighted by Crippen LogP contribution is -2.30. The smallest absolute Gasteiger partial charge is 0.462 e. The fraction of sp³-hybridized carbons (Fsp3) is 0.953. The summed E-state index contributed by atoms with van der Waals surface area (Å²) in [6.45, 7) is 9.60. The van der Waals surface area contributed by atoms with Crippen LogP contribution in [0.15, 0.2) is 0 Å². The predicted molar refractivity (Wildman–Crippen MR) is 432 cm³/mol. The summed E-state index contributed by atoms with van der Waals surface area (Å²) in [6.07, 6.45) is 69.8. The van der Waals surface area contributed by atoms with Gasteiger partial charge in [-0.15, -0.1) is 0 Å². The minimum absolute atomic E-state index is 0.106. The summed E-state index contributed by atoms with van der Waals surface area (Å²) in [5, 5.41) is 10.7. The summed E-state index contributed by atoms with van der Waals surface area (Å²) in [5.41, 5.74) is 0. The topological polar surface area (TPSA) is 237 Å². The van der Waals surface area contributed by atoms with Crippen LogP contribution in [0.2, 0.25) is 0 Å². The standard InChI is InChI=1S/C86H168O17P2/c1-7-9-11-13-15-17-19-21-23-25-27-28-29-30-32-34-38-42-46-50-58-64-70-85(90)102-81(74-96-83(88)68-62-56-49-45-41-37-33-31-26-24-22-20-18-16-14-12-10-8-2)76-100-104(92,93)98-72-80(87)73-99-105(94,95)101-77-82(75-97-84(89)69-63-57-53-52-55-61-67-79(5)6)103-86(91)71-65-59-51-47-43-39-35-36-40-44-48-54-60-66-78(3)4/h78-82,87H,7-77H2,1-6H3,(H,92,93)(H,94,95)/t80-,81-,82-/m1/s1. The fourth-order valence-corrected chi connectivity index (χ4v) is 15.0. The molecule has 5 atom stereocenters. The minimum atomic E-state index is -4.97. The molecule has 0 aliphatic heterocycles. The van der Waals surface area contributed by atoms with Crippen LogP contribution in [0.3, 0.4) is 0 Å². The second kappa shape index (κ2) is 77.4. The Morgan fingerprint density at radius 3 is 0.648 bits per heavy atom. The van der Waals surface area contributed by atoms with Gasteiger partial charge in [0.15, 0.2) is 12.2 Å². The number of unbranched alkanes of at least 4 members (excludes halogenated alkanes) is 55. The molecule has 0 fully saturated rings. The number of carbonyl (C=O) groups is 4. The van der Waals surface area contributed by atoms with Gasteiger partial charge in [-0.3, -0.25) is 37.3 Å². The van der Waals surface area contributed by atoms with Gasteiger partial charge in [0.1, 0.15) is 19.3 Å². The molecule has 0 heterocycles. The van der Waals surface area contributed by atoms with E-state index < -0.39 is 97.5 Å². The zero-order valence-electron chi connectivity index (χ0n) is 69.0. The Morgan fingerprint density at radius 1 is 0.257 bits per heavy atom. The number of hydrogen-bond acceptors (Lipinski definition) is 15. The van der Waals surface area contributed by atoms with Crippen LogP contribution in [0.25, 0.3) is 0 Å². The van der Waals surface area contributed by atoms with Crippen molar-refractivity contribution in [3.63, 3.8) is 0 Å². The molecule has 0 aromatic carbocycles. The maximum Gasteiger partial charge on any atom is 0.472 e. The second-order valence-electron chi connectivity index (χ2n) is 31.9. The molecule has 0 aliphatic rings. The average molecular weight is 1540 g/mol. The highest BCUT2D eigenvalue weighted by molar-refractivity contribution is 7.47. The van der Waals surface area contributed by atoms with Crippen molar-refractivity contribution >= 4 is 39.5 Å². The van der Waals surface area contributed by atoms with Crippen molar-refractivity contribution in [1.82, 2.24) is 0 Å². The third-order valence-electron chi connectivity index (χ3n) is 20.2. The first-order valence-corrected chi connectivity index (χ1v) is 47.5. The third-order valence-corrected chi connectivity index (χ3v) is 22.1. The highest BCUT2D eigenvalue weighted by Gasteiger charge is 2.30. The van der Waals surface area contributed by atoms with Crippen LogP contribution in [0, 0.1) is 11.8 Å². The lowest BCUT2D eigenvalue weighted by Gasteiger charge is -2.21. The Morgan fingerprint density at radius 2 is 0.438 bits per heavy atom. The van der Waals surface area contributed by atoms with E-state index in [1.54, 1.807) is 0 Å². The Balaban J connectivity index is 5.20. The number of aliphatic hydroxyl groups is 1. The number of ether oxygens (including phenoxy) is 4. The van der Waals surface area contributed by atoms with Gasteiger partial charge in [0.2, 0.25) is 0 Å². The molecule has 105 heavy (non-hydrogen) atoms. The number of carbonyl (C=O) groups excluding carboxylic acids is 4. The zero-order chi connectivity index (χ0) is 77.1. The number of rotatable bonds is 85. The SMILES string of the molecule is CCCCCCCCCCCCCCCCCCCCCCCCC(=O)O[C@H](COC(=O)CCCCCCCCCCCCCCCCCCCC)COP(=O)(O)OC[C@@H](O)COP(=O)(O)OC[C@@H](COC(=O)CCCCCCCCC(C)C)OC(=O)CCCCCCCCCCCCCCCC(C)C. The first-order chi connectivity index (χ1) is 50.9. The van der Waals surface area contributed by atoms with Gasteiger partial charge in [-0.2, -0.15) is 0 Å². The summed E-state index contributed by atoms with van der Waals surface area (Å²) in [5.74, 6) is -0.640. The number of phosphoric acid groups is 2. The predicted octanol–water partition coefficient (Wildman–Crippen LogP) is 26.2. The average Bonchev–Trinajstić information content (AvgIpc) is 0.921. The van der Waals surface area contributed by atoms with Crippen LogP contribution in [0.4, 0.5) is 0 Å². The number of esters is 4. The second-order valence-corrected chi connectivity index (χ2v) is 34.8. The van der Waals surface area contributed by atoms with Gasteiger partial charge < -0.3 is 33.8 Å². The molecule has 0 aromatic rings. The molecule has 19 heteroatoms. The maximum atomic E-state index is 13.1. The minimum Gasteiger partial charge on any atom is -0.462 e. The van der Waals surface area contributed by atoms with Gasteiger partial charge in [-0.05, 0) is 37.5 Å². The molecule has 0 saturated carbocycles. The molecule has 624 valence electrons. The van der Waals surface area contributed by atoms with Crippen molar-refractivity contribution in [3.8, 4) is 0 Å². The molecule has 3 N–H and O–H groups in total. The van der Waals surface area contributed by atoms with E-state index in [4.69, 9.17) is 37.0 Å².